The van der Waals surface area contributed by atoms with E-state index in [2.05, 4.69) is 10.3 Å². The van der Waals surface area contributed by atoms with Gasteiger partial charge in [-0.2, -0.15) is 4.31 Å². The number of anilines is 1. The molecule has 0 aliphatic carbocycles. The van der Waals surface area contributed by atoms with E-state index >= 15 is 0 Å². The van der Waals surface area contributed by atoms with Crippen LogP contribution in [0.15, 0.2) is 23.1 Å². The molecule has 1 fully saturated rings. The first-order chi connectivity index (χ1) is 14.2. The fourth-order valence-electron chi connectivity index (χ4n) is 3.26. The van der Waals surface area contributed by atoms with Gasteiger partial charge in [-0.15, -0.1) is 0 Å². The van der Waals surface area contributed by atoms with Crippen molar-refractivity contribution in [2.75, 3.05) is 25.0 Å². The normalized spacial score (nSPS) is 15.0. The molecule has 1 aromatic heterocycles. The minimum absolute atomic E-state index is 0.0997. The Hall–Kier alpha value is -2.30. The van der Waals surface area contributed by atoms with Crippen LogP contribution < -0.4 is 5.32 Å². The van der Waals surface area contributed by atoms with E-state index in [-0.39, 0.29) is 22.2 Å². The summed E-state index contributed by atoms with van der Waals surface area (Å²) in [6.45, 7) is 6.35. The molecule has 1 aliphatic heterocycles. The summed E-state index contributed by atoms with van der Waals surface area (Å²) < 4.78 is 32.4. The van der Waals surface area contributed by atoms with Crippen molar-refractivity contribution in [3.63, 3.8) is 0 Å². The highest BCUT2D eigenvalue weighted by Crippen LogP contribution is 2.26. The van der Waals surface area contributed by atoms with Crippen molar-refractivity contribution in [2.45, 2.75) is 44.9 Å². The van der Waals surface area contributed by atoms with E-state index in [1.54, 1.807) is 26.8 Å². The molecule has 2 heterocycles. The highest BCUT2D eigenvalue weighted by molar-refractivity contribution is 7.89. The Kier molecular flexibility index (Phi) is 6.89. The van der Waals surface area contributed by atoms with Crippen molar-refractivity contribution in [1.82, 2.24) is 9.29 Å². The summed E-state index contributed by atoms with van der Waals surface area (Å²) in [4.78, 5) is 29.4. The molecule has 1 aliphatic rings. The van der Waals surface area contributed by atoms with Crippen LogP contribution in [0.1, 0.15) is 57.5 Å². The van der Waals surface area contributed by atoms with Crippen molar-refractivity contribution in [2.24, 2.45) is 0 Å². The molecule has 1 aromatic carbocycles. The maximum absolute atomic E-state index is 12.9. The number of hydrogen-bond acceptors (Lipinski definition) is 7. The molecule has 0 atom stereocenters. The molecule has 0 unspecified atom stereocenters. The number of ether oxygens (including phenoxy) is 1. The van der Waals surface area contributed by atoms with Crippen molar-refractivity contribution in [3.05, 3.63) is 39.9 Å². The van der Waals surface area contributed by atoms with E-state index in [9.17, 15) is 18.0 Å². The van der Waals surface area contributed by atoms with E-state index in [1.807, 2.05) is 0 Å². The summed E-state index contributed by atoms with van der Waals surface area (Å²) in [6.07, 6.45) is 2.70. The minimum Gasteiger partial charge on any atom is -0.462 e. The number of rotatable bonds is 6. The summed E-state index contributed by atoms with van der Waals surface area (Å²) in [7, 11) is -3.65. The Morgan fingerprint density at radius 1 is 1.20 bits per heavy atom. The zero-order valence-electron chi connectivity index (χ0n) is 17.2. The van der Waals surface area contributed by atoms with E-state index < -0.39 is 21.9 Å². The minimum atomic E-state index is -3.65. The smallest absolute Gasteiger partial charge is 0.350 e. The zero-order chi connectivity index (χ0) is 21.9. The first kappa shape index (κ1) is 22.4. The third-order valence-electron chi connectivity index (χ3n) is 4.88. The van der Waals surface area contributed by atoms with Crippen LogP contribution in [0.5, 0.6) is 0 Å². The fraction of sp³-hybridized carbons (Fsp3) is 0.450. The summed E-state index contributed by atoms with van der Waals surface area (Å²) in [5.74, 6) is -0.967. The molecule has 2 aromatic rings. The highest BCUT2D eigenvalue weighted by Gasteiger charge is 2.27. The van der Waals surface area contributed by atoms with Crippen molar-refractivity contribution in [3.8, 4) is 0 Å². The molecule has 1 N–H and O–H groups in total. The molecule has 162 valence electrons. The van der Waals surface area contributed by atoms with Crippen molar-refractivity contribution < 1.29 is 22.7 Å². The topological polar surface area (TPSA) is 106 Å². The van der Waals surface area contributed by atoms with Crippen LogP contribution in [0.3, 0.4) is 0 Å². The van der Waals surface area contributed by atoms with Crippen LogP contribution in [-0.2, 0) is 14.8 Å². The number of aryl methyl sites for hydroxylation is 2. The number of amides is 1. The second kappa shape index (κ2) is 9.23. The van der Waals surface area contributed by atoms with Gasteiger partial charge in [-0.1, -0.05) is 23.8 Å². The molecule has 0 bridgehead atoms. The third-order valence-corrected chi connectivity index (χ3v) is 7.83. The second-order valence-corrected chi connectivity index (χ2v) is 9.99. The van der Waals surface area contributed by atoms with Gasteiger partial charge in [-0.3, -0.25) is 10.1 Å². The van der Waals surface area contributed by atoms with Gasteiger partial charge in [0.1, 0.15) is 4.88 Å². The number of thiazole rings is 1. The lowest BCUT2D eigenvalue weighted by Gasteiger charge is -2.26. The Morgan fingerprint density at radius 2 is 1.90 bits per heavy atom. The molecule has 0 saturated carbocycles. The summed E-state index contributed by atoms with van der Waals surface area (Å²) in [6, 6.07) is 4.56. The Balaban J connectivity index is 1.84. The number of aromatic nitrogens is 1. The van der Waals surface area contributed by atoms with Crippen LogP contribution in [-0.4, -0.2) is 49.3 Å². The Labute approximate surface area is 180 Å². The van der Waals surface area contributed by atoms with E-state index in [0.29, 0.717) is 29.2 Å². The molecule has 1 saturated heterocycles. The molecule has 1 amide bonds. The zero-order valence-corrected chi connectivity index (χ0v) is 18.9. The van der Waals surface area contributed by atoms with E-state index in [1.165, 1.54) is 16.4 Å². The lowest BCUT2D eigenvalue weighted by molar-refractivity contribution is 0.0531. The number of carbonyl (C=O) groups is 2. The van der Waals surface area contributed by atoms with Gasteiger partial charge in [-0.25, -0.2) is 18.2 Å². The summed E-state index contributed by atoms with van der Waals surface area (Å²) in [5, 5.41) is 2.92. The molecule has 3 rings (SSSR count). The van der Waals surface area contributed by atoms with Crippen LogP contribution in [0.25, 0.3) is 0 Å². The molecule has 10 heteroatoms. The van der Waals surface area contributed by atoms with Gasteiger partial charge in [0.25, 0.3) is 5.91 Å². The predicted octanol–water partition coefficient (Wildman–Crippen LogP) is 3.36. The molecular formula is C20H25N3O5S2. The standard InChI is InChI=1S/C20H25N3O5S2/c1-4-28-19(25)17-14(3)21-20(29-17)22-18(24)16-12-15(9-8-13(16)2)30(26,27)23-10-6-5-7-11-23/h8-9,12H,4-7,10-11H2,1-3H3,(H,21,22,24). The first-order valence-corrected chi connectivity index (χ1v) is 12.1. The summed E-state index contributed by atoms with van der Waals surface area (Å²) >= 11 is 1.02. The molecule has 0 radical (unpaired) electrons. The summed E-state index contributed by atoms with van der Waals surface area (Å²) in [5.41, 5.74) is 1.36. The maximum Gasteiger partial charge on any atom is 0.350 e. The Morgan fingerprint density at radius 3 is 2.57 bits per heavy atom. The van der Waals surface area contributed by atoms with Crippen molar-refractivity contribution in [1.29, 1.82) is 0 Å². The first-order valence-electron chi connectivity index (χ1n) is 9.80. The average Bonchev–Trinajstić information content (AvgIpc) is 3.09. The second-order valence-electron chi connectivity index (χ2n) is 7.05. The number of benzene rings is 1. The molecule has 0 spiro atoms. The Bertz CT molecular complexity index is 1060. The average molecular weight is 452 g/mol. The van der Waals surface area contributed by atoms with Gasteiger partial charge in [-0.05, 0) is 51.3 Å². The number of nitrogens with one attached hydrogen (secondary N) is 1. The molecule has 30 heavy (non-hydrogen) atoms. The lowest BCUT2D eigenvalue weighted by atomic mass is 10.1. The lowest BCUT2D eigenvalue weighted by Crippen LogP contribution is -2.35. The monoisotopic (exact) mass is 451 g/mol. The van der Waals surface area contributed by atoms with Gasteiger partial charge in [0, 0.05) is 18.7 Å². The largest absolute Gasteiger partial charge is 0.462 e. The molecular weight excluding hydrogens is 426 g/mol. The van der Waals surface area contributed by atoms with E-state index in [4.69, 9.17) is 4.74 Å². The number of nitrogens with zero attached hydrogens (tertiary/aromatic N) is 2. The number of sulfonamides is 1. The van der Waals surface area contributed by atoms with Gasteiger partial charge in [0.15, 0.2) is 5.13 Å². The van der Waals surface area contributed by atoms with Crippen LogP contribution in [0.2, 0.25) is 0 Å². The van der Waals surface area contributed by atoms with Crippen LogP contribution in [0, 0.1) is 13.8 Å². The highest BCUT2D eigenvalue weighted by atomic mass is 32.2. The fourth-order valence-corrected chi connectivity index (χ4v) is 5.66. The van der Waals surface area contributed by atoms with Gasteiger partial charge < -0.3 is 4.74 Å². The quantitative estimate of drug-likeness (QED) is 0.675. The van der Waals surface area contributed by atoms with Gasteiger partial charge in [0.05, 0.1) is 17.2 Å². The number of hydrogen-bond donors (Lipinski definition) is 1. The van der Waals surface area contributed by atoms with Gasteiger partial charge >= 0.3 is 5.97 Å². The number of piperidine rings is 1. The van der Waals surface area contributed by atoms with Crippen LogP contribution in [0.4, 0.5) is 5.13 Å². The maximum atomic E-state index is 12.9. The predicted molar refractivity (Wildman–Crippen MR) is 115 cm³/mol. The van der Waals surface area contributed by atoms with E-state index in [0.717, 1.165) is 30.6 Å². The number of esters is 1. The van der Waals surface area contributed by atoms with Crippen LogP contribution >= 0.6 is 11.3 Å². The SMILES string of the molecule is CCOC(=O)c1sc(NC(=O)c2cc(S(=O)(=O)N3CCCCC3)ccc2C)nc1C. The third kappa shape index (κ3) is 4.71. The molecule has 8 nitrogen and oxygen atoms in total. The number of carbonyl (C=O) groups excluding carboxylic acids is 2. The van der Waals surface area contributed by atoms with Crippen molar-refractivity contribution >= 4 is 38.4 Å². The van der Waals surface area contributed by atoms with Gasteiger partial charge in [0.2, 0.25) is 10.0 Å².